The van der Waals surface area contributed by atoms with Gasteiger partial charge in [0.1, 0.15) is 23.5 Å². The lowest BCUT2D eigenvalue weighted by Gasteiger charge is -2.20. The normalized spacial score (nSPS) is 11.6. The quantitative estimate of drug-likeness (QED) is 0.544. The summed E-state index contributed by atoms with van der Waals surface area (Å²) >= 11 is 0. The lowest BCUT2D eigenvalue weighted by atomic mass is 10.1. The molecule has 0 saturated carbocycles. The van der Waals surface area contributed by atoms with Crippen molar-refractivity contribution >= 4 is 16.9 Å². The first-order valence-corrected chi connectivity index (χ1v) is 8.44. The number of hydrogen-bond donors (Lipinski definition) is 1. The van der Waals surface area contributed by atoms with Crippen LogP contribution in [0.2, 0.25) is 0 Å². The van der Waals surface area contributed by atoms with Crippen LogP contribution in [0.15, 0.2) is 59.0 Å². The molecule has 4 heteroatoms. The molecule has 1 N–H and O–H groups in total. The van der Waals surface area contributed by atoms with Gasteiger partial charge in [0.05, 0.1) is 0 Å². The molecule has 1 heterocycles. The van der Waals surface area contributed by atoms with E-state index in [4.69, 9.17) is 9.15 Å². The highest BCUT2D eigenvalue weighted by atomic mass is 16.5. The number of ether oxygens (including phenoxy) is 1. The molecule has 4 nitrogen and oxygen atoms in total. The van der Waals surface area contributed by atoms with Crippen molar-refractivity contribution in [2.75, 3.05) is 13.2 Å². The topological polar surface area (TPSA) is 51.5 Å². The Kier molecular flexibility index (Phi) is 4.91. The SMILES string of the molecule is CC(C)(C)NCCOC(=O)c1cccc2cc(-c3ccccc3)oc12. The standard InChI is InChI=1S/C21H23NO3/c1-21(2,3)22-12-13-24-20(23)17-11-7-10-16-14-18(25-19(16)17)15-8-5-4-6-9-15/h4-11,14,22H,12-13H2,1-3H3. The van der Waals surface area contributed by atoms with Gasteiger partial charge in [-0.3, -0.25) is 0 Å². The molecule has 0 saturated heterocycles. The fourth-order valence-corrected chi connectivity index (χ4v) is 2.62. The Morgan fingerprint density at radius 3 is 2.56 bits per heavy atom. The van der Waals surface area contributed by atoms with Gasteiger partial charge in [-0.2, -0.15) is 0 Å². The van der Waals surface area contributed by atoms with Crippen LogP contribution in [0.3, 0.4) is 0 Å². The van der Waals surface area contributed by atoms with Crippen molar-refractivity contribution in [2.45, 2.75) is 26.3 Å². The third kappa shape index (κ3) is 4.28. The molecule has 0 aliphatic heterocycles. The Hall–Kier alpha value is -2.59. The number of fused-ring (bicyclic) bond motifs is 1. The van der Waals surface area contributed by atoms with Crippen molar-refractivity contribution in [1.82, 2.24) is 5.32 Å². The smallest absolute Gasteiger partial charge is 0.342 e. The molecule has 0 atom stereocenters. The van der Waals surface area contributed by atoms with Crippen molar-refractivity contribution in [1.29, 1.82) is 0 Å². The van der Waals surface area contributed by atoms with Gasteiger partial charge in [-0.1, -0.05) is 42.5 Å². The summed E-state index contributed by atoms with van der Waals surface area (Å²) in [6.45, 7) is 7.15. The number of esters is 1. The van der Waals surface area contributed by atoms with Crippen LogP contribution in [0, 0.1) is 0 Å². The molecule has 130 valence electrons. The van der Waals surface area contributed by atoms with E-state index >= 15 is 0 Å². The lowest BCUT2D eigenvalue weighted by molar-refractivity contribution is 0.0503. The molecular formula is C21H23NO3. The molecule has 25 heavy (non-hydrogen) atoms. The highest BCUT2D eigenvalue weighted by Gasteiger charge is 2.16. The Bertz CT molecular complexity index is 860. The number of carbonyl (C=O) groups is 1. The van der Waals surface area contributed by atoms with Crippen molar-refractivity contribution in [3.05, 3.63) is 60.2 Å². The number of benzene rings is 2. The third-order valence-corrected chi connectivity index (χ3v) is 3.81. The van der Waals surface area contributed by atoms with E-state index < -0.39 is 0 Å². The Balaban J connectivity index is 1.77. The maximum atomic E-state index is 12.4. The van der Waals surface area contributed by atoms with Gasteiger partial charge in [0.15, 0.2) is 0 Å². The Morgan fingerprint density at radius 2 is 1.84 bits per heavy atom. The Morgan fingerprint density at radius 1 is 1.08 bits per heavy atom. The van der Waals surface area contributed by atoms with Gasteiger partial charge < -0.3 is 14.5 Å². The van der Waals surface area contributed by atoms with Gasteiger partial charge in [-0.05, 0) is 32.9 Å². The van der Waals surface area contributed by atoms with Crippen molar-refractivity contribution in [3.63, 3.8) is 0 Å². The molecule has 0 radical (unpaired) electrons. The van der Waals surface area contributed by atoms with Crippen LogP contribution in [0.5, 0.6) is 0 Å². The fourth-order valence-electron chi connectivity index (χ4n) is 2.62. The molecule has 0 bridgehead atoms. The van der Waals surface area contributed by atoms with Crippen molar-refractivity contribution in [2.24, 2.45) is 0 Å². The summed E-state index contributed by atoms with van der Waals surface area (Å²) in [5.74, 6) is 0.375. The van der Waals surface area contributed by atoms with Crippen molar-refractivity contribution in [3.8, 4) is 11.3 Å². The van der Waals surface area contributed by atoms with Gasteiger partial charge in [0.2, 0.25) is 0 Å². The zero-order chi connectivity index (χ0) is 17.9. The highest BCUT2D eigenvalue weighted by molar-refractivity contribution is 6.03. The van der Waals surface area contributed by atoms with E-state index in [1.54, 1.807) is 6.07 Å². The number of carbonyl (C=O) groups excluding carboxylic acids is 1. The second-order valence-corrected chi connectivity index (χ2v) is 7.01. The van der Waals surface area contributed by atoms with Crippen LogP contribution >= 0.6 is 0 Å². The average Bonchev–Trinajstić information content (AvgIpc) is 3.02. The molecular weight excluding hydrogens is 314 g/mol. The number of nitrogens with one attached hydrogen (secondary N) is 1. The molecule has 3 aromatic rings. The van der Waals surface area contributed by atoms with Crippen molar-refractivity contribution < 1.29 is 13.9 Å². The van der Waals surface area contributed by atoms with Gasteiger partial charge in [-0.25, -0.2) is 4.79 Å². The number of hydrogen-bond acceptors (Lipinski definition) is 4. The van der Waals surface area contributed by atoms with Gasteiger partial charge >= 0.3 is 5.97 Å². The minimum absolute atomic E-state index is 0.00197. The zero-order valence-corrected chi connectivity index (χ0v) is 14.8. The van der Waals surface area contributed by atoms with Crippen LogP contribution in [-0.4, -0.2) is 24.7 Å². The highest BCUT2D eigenvalue weighted by Crippen LogP contribution is 2.30. The first kappa shape index (κ1) is 17.2. The molecule has 3 rings (SSSR count). The Labute approximate surface area is 147 Å². The van der Waals surface area contributed by atoms with E-state index in [9.17, 15) is 4.79 Å². The molecule has 0 fully saturated rings. The summed E-state index contributed by atoms with van der Waals surface area (Å²) < 4.78 is 11.3. The fraction of sp³-hybridized carbons (Fsp3) is 0.286. The van der Waals surface area contributed by atoms with E-state index in [0.717, 1.165) is 16.7 Å². The van der Waals surface area contributed by atoms with E-state index in [1.165, 1.54) is 0 Å². The molecule has 0 spiro atoms. The molecule has 2 aromatic carbocycles. The minimum Gasteiger partial charge on any atom is -0.461 e. The third-order valence-electron chi connectivity index (χ3n) is 3.81. The van der Waals surface area contributed by atoms with E-state index in [2.05, 4.69) is 26.1 Å². The molecule has 1 aromatic heterocycles. The average molecular weight is 337 g/mol. The van der Waals surface area contributed by atoms with Crippen LogP contribution in [0.25, 0.3) is 22.3 Å². The zero-order valence-electron chi connectivity index (χ0n) is 14.8. The predicted molar refractivity (Wildman–Crippen MR) is 99.7 cm³/mol. The second-order valence-electron chi connectivity index (χ2n) is 7.01. The summed E-state index contributed by atoms with van der Waals surface area (Å²) in [6.07, 6.45) is 0. The lowest BCUT2D eigenvalue weighted by Crippen LogP contribution is -2.38. The number of furan rings is 1. The summed E-state index contributed by atoms with van der Waals surface area (Å²) in [4.78, 5) is 12.4. The number of para-hydroxylation sites is 1. The monoisotopic (exact) mass is 337 g/mol. The van der Waals surface area contributed by atoms with Crippen LogP contribution < -0.4 is 5.32 Å². The molecule has 0 unspecified atom stereocenters. The summed E-state index contributed by atoms with van der Waals surface area (Å²) in [6, 6.07) is 17.3. The second kappa shape index (κ2) is 7.11. The summed E-state index contributed by atoms with van der Waals surface area (Å²) in [5, 5.41) is 4.18. The summed E-state index contributed by atoms with van der Waals surface area (Å²) in [5.41, 5.74) is 2.00. The number of rotatable bonds is 5. The molecule has 0 aliphatic rings. The largest absolute Gasteiger partial charge is 0.461 e. The van der Waals surface area contributed by atoms with Gasteiger partial charge in [0.25, 0.3) is 0 Å². The maximum Gasteiger partial charge on any atom is 0.342 e. The van der Waals surface area contributed by atoms with Gasteiger partial charge in [0, 0.05) is 23.0 Å². The molecule has 0 amide bonds. The minimum atomic E-state index is -0.365. The van der Waals surface area contributed by atoms with Gasteiger partial charge in [-0.15, -0.1) is 0 Å². The molecule has 0 aliphatic carbocycles. The van der Waals surface area contributed by atoms with Crippen LogP contribution in [0.4, 0.5) is 0 Å². The van der Waals surface area contributed by atoms with Crippen LogP contribution in [-0.2, 0) is 4.74 Å². The van der Waals surface area contributed by atoms with E-state index in [-0.39, 0.29) is 11.5 Å². The predicted octanol–water partition coefficient (Wildman–Crippen LogP) is 4.64. The van der Waals surface area contributed by atoms with E-state index in [0.29, 0.717) is 24.3 Å². The summed E-state index contributed by atoms with van der Waals surface area (Å²) in [7, 11) is 0. The first-order chi connectivity index (χ1) is 11.9. The van der Waals surface area contributed by atoms with E-state index in [1.807, 2.05) is 48.5 Å². The first-order valence-electron chi connectivity index (χ1n) is 8.44. The van der Waals surface area contributed by atoms with Crippen LogP contribution in [0.1, 0.15) is 31.1 Å². The maximum absolute atomic E-state index is 12.4.